The van der Waals surface area contributed by atoms with Crippen molar-refractivity contribution in [2.45, 2.75) is 57.8 Å². The molecule has 4 atom stereocenters. The van der Waals surface area contributed by atoms with Crippen LogP contribution in [0.1, 0.15) is 32.1 Å². The van der Waals surface area contributed by atoms with E-state index in [2.05, 4.69) is 39.3 Å². The number of carbonyl (C=O) groups is 1. The maximum Gasteiger partial charge on any atom is 0.319 e. The van der Waals surface area contributed by atoms with E-state index in [9.17, 15) is 15.0 Å². The highest BCUT2D eigenvalue weighted by molar-refractivity contribution is 5.89. The van der Waals surface area contributed by atoms with Crippen molar-refractivity contribution in [1.82, 2.24) is 24.8 Å². The smallest absolute Gasteiger partial charge is 0.319 e. The second kappa shape index (κ2) is 11.2. The fraction of sp³-hybridized carbons (Fsp3) is 0.480. The number of nitrogen functional groups attached to an aromatic ring is 1. The Labute approximate surface area is 210 Å². The Balaban J connectivity index is 1.30. The number of aromatic nitrogens is 3. The summed E-state index contributed by atoms with van der Waals surface area (Å²) in [6.07, 6.45) is 0.229. The highest BCUT2D eigenvalue weighted by Crippen LogP contribution is 2.33. The molecule has 0 bridgehead atoms. The van der Waals surface area contributed by atoms with Gasteiger partial charge < -0.3 is 35.9 Å². The third-order valence-corrected chi connectivity index (χ3v) is 6.51. The lowest BCUT2D eigenvalue weighted by Gasteiger charge is -2.30. The SMILES string of the molecule is Cc1ccc(NC(=O)NCCCN(C[C@H]2O[C@@H](n3ccc4c(N)ncnc43)[C@H](O)[C@@H]2O)C(C)C)cc1. The lowest BCUT2D eigenvalue weighted by molar-refractivity contribution is -0.0465. The number of carbonyl (C=O) groups excluding carboxylic acids is 1. The predicted octanol–water partition coefficient (Wildman–Crippen LogP) is 1.86. The lowest BCUT2D eigenvalue weighted by atomic mass is 10.1. The number of ether oxygens (including phenoxy) is 1. The van der Waals surface area contributed by atoms with E-state index in [1.54, 1.807) is 16.8 Å². The van der Waals surface area contributed by atoms with Gasteiger partial charge in [-0.15, -0.1) is 0 Å². The molecule has 36 heavy (non-hydrogen) atoms. The zero-order chi connectivity index (χ0) is 25.8. The van der Waals surface area contributed by atoms with E-state index in [4.69, 9.17) is 10.5 Å². The molecule has 1 saturated heterocycles. The van der Waals surface area contributed by atoms with Gasteiger partial charge in [-0.05, 0) is 45.4 Å². The molecule has 1 aliphatic rings. The fourth-order valence-electron chi connectivity index (χ4n) is 4.39. The molecule has 11 nitrogen and oxygen atoms in total. The predicted molar refractivity (Wildman–Crippen MR) is 137 cm³/mol. The molecule has 2 amide bonds. The van der Waals surface area contributed by atoms with E-state index >= 15 is 0 Å². The van der Waals surface area contributed by atoms with Gasteiger partial charge in [-0.25, -0.2) is 14.8 Å². The molecule has 0 unspecified atom stereocenters. The third-order valence-electron chi connectivity index (χ3n) is 6.51. The number of amides is 2. The van der Waals surface area contributed by atoms with Crippen molar-refractivity contribution < 1.29 is 19.7 Å². The van der Waals surface area contributed by atoms with Crippen LogP contribution < -0.4 is 16.4 Å². The van der Waals surface area contributed by atoms with Gasteiger partial charge >= 0.3 is 6.03 Å². The quantitative estimate of drug-likeness (QED) is 0.281. The molecule has 0 radical (unpaired) electrons. The van der Waals surface area contributed by atoms with E-state index in [0.717, 1.165) is 11.3 Å². The number of hydrogen-bond donors (Lipinski definition) is 5. The monoisotopic (exact) mass is 497 g/mol. The summed E-state index contributed by atoms with van der Waals surface area (Å²) in [6.45, 7) is 7.73. The van der Waals surface area contributed by atoms with Crippen LogP contribution in [-0.2, 0) is 4.74 Å². The first kappa shape index (κ1) is 25.8. The van der Waals surface area contributed by atoms with Gasteiger partial charge in [0.05, 0.1) is 5.39 Å². The molecule has 3 heterocycles. The van der Waals surface area contributed by atoms with Crippen molar-refractivity contribution in [3.05, 3.63) is 48.4 Å². The number of rotatable bonds is 9. The topological polar surface area (TPSA) is 151 Å². The fourth-order valence-corrected chi connectivity index (χ4v) is 4.39. The Morgan fingerprint density at radius 2 is 1.94 bits per heavy atom. The molecule has 0 spiro atoms. The number of urea groups is 1. The number of aliphatic hydroxyl groups is 2. The second-order valence-corrected chi connectivity index (χ2v) is 9.45. The van der Waals surface area contributed by atoms with Gasteiger partial charge in [-0.2, -0.15) is 0 Å². The number of nitrogens with one attached hydrogen (secondary N) is 2. The van der Waals surface area contributed by atoms with Crippen molar-refractivity contribution in [2.75, 3.05) is 30.7 Å². The Kier molecular flexibility index (Phi) is 8.04. The van der Waals surface area contributed by atoms with Gasteiger partial charge in [0, 0.05) is 37.6 Å². The molecule has 3 aromatic rings. The van der Waals surface area contributed by atoms with Crippen molar-refractivity contribution >= 4 is 28.6 Å². The van der Waals surface area contributed by atoms with Crippen molar-refractivity contribution in [3.63, 3.8) is 0 Å². The van der Waals surface area contributed by atoms with E-state index in [1.165, 1.54) is 6.33 Å². The van der Waals surface area contributed by atoms with Gasteiger partial charge in [-0.1, -0.05) is 17.7 Å². The average molecular weight is 498 g/mol. The highest BCUT2D eigenvalue weighted by atomic mass is 16.6. The summed E-state index contributed by atoms with van der Waals surface area (Å²) in [6, 6.07) is 9.31. The molecule has 4 rings (SSSR count). The summed E-state index contributed by atoms with van der Waals surface area (Å²) < 4.78 is 7.80. The number of aryl methyl sites for hydroxylation is 1. The maximum absolute atomic E-state index is 12.2. The summed E-state index contributed by atoms with van der Waals surface area (Å²) in [5.41, 5.74) is 8.33. The summed E-state index contributed by atoms with van der Waals surface area (Å²) in [4.78, 5) is 22.6. The molecule has 1 fully saturated rings. The highest BCUT2D eigenvalue weighted by Gasteiger charge is 2.44. The van der Waals surface area contributed by atoms with Crippen molar-refractivity contribution in [3.8, 4) is 0 Å². The van der Waals surface area contributed by atoms with Crippen molar-refractivity contribution in [1.29, 1.82) is 0 Å². The van der Waals surface area contributed by atoms with Crippen LogP contribution in [0.3, 0.4) is 0 Å². The van der Waals surface area contributed by atoms with Crippen LogP contribution in [0, 0.1) is 6.92 Å². The first-order valence-electron chi connectivity index (χ1n) is 12.2. The van der Waals surface area contributed by atoms with Crippen LogP contribution in [0.15, 0.2) is 42.9 Å². The van der Waals surface area contributed by atoms with Crippen LogP contribution in [0.5, 0.6) is 0 Å². The lowest BCUT2D eigenvalue weighted by Crippen LogP contribution is -2.44. The standard InChI is InChI=1S/C25H35N7O4/c1-15(2)31(11-4-10-27-25(35)30-17-7-5-16(3)6-8-17)13-19-20(33)21(34)24(36-19)32-12-9-18-22(26)28-14-29-23(18)32/h5-9,12,14-15,19-21,24,33-34H,4,10-11,13H2,1-3H3,(H2,26,28,29)(H2,27,30,35)/t19-,20-,21-,24-/m1/s1. The molecular weight excluding hydrogens is 462 g/mol. The first-order chi connectivity index (χ1) is 17.2. The van der Waals surface area contributed by atoms with Gasteiger partial charge in [0.1, 0.15) is 36.1 Å². The number of benzene rings is 1. The molecule has 6 N–H and O–H groups in total. The normalized spacial score (nSPS) is 22.0. The summed E-state index contributed by atoms with van der Waals surface area (Å²) in [5.74, 6) is 0.343. The number of fused-ring (bicyclic) bond motifs is 1. The van der Waals surface area contributed by atoms with E-state index in [1.807, 2.05) is 31.2 Å². The zero-order valence-corrected chi connectivity index (χ0v) is 20.8. The Morgan fingerprint density at radius 1 is 1.19 bits per heavy atom. The molecular formula is C25H35N7O4. The molecule has 0 saturated carbocycles. The minimum atomic E-state index is -1.12. The van der Waals surface area contributed by atoms with Gasteiger partial charge in [0.15, 0.2) is 6.23 Å². The Bertz CT molecular complexity index is 1170. The number of aliphatic hydroxyl groups excluding tert-OH is 2. The maximum atomic E-state index is 12.2. The molecule has 1 aliphatic heterocycles. The largest absolute Gasteiger partial charge is 0.387 e. The number of nitrogens with two attached hydrogens (primary N) is 1. The van der Waals surface area contributed by atoms with E-state index in [-0.39, 0.29) is 12.1 Å². The van der Waals surface area contributed by atoms with Gasteiger partial charge in [-0.3, -0.25) is 4.90 Å². The van der Waals surface area contributed by atoms with E-state index in [0.29, 0.717) is 42.9 Å². The first-order valence-corrected chi connectivity index (χ1v) is 12.2. The minimum Gasteiger partial charge on any atom is -0.387 e. The number of nitrogens with zero attached hydrogens (tertiary/aromatic N) is 4. The van der Waals surface area contributed by atoms with Gasteiger partial charge in [0.25, 0.3) is 0 Å². The second-order valence-electron chi connectivity index (χ2n) is 9.45. The Morgan fingerprint density at radius 3 is 2.67 bits per heavy atom. The third kappa shape index (κ3) is 5.76. The minimum absolute atomic E-state index is 0.179. The molecule has 0 aliphatic carbocycles. The van der Waals surface area contributed by atoms with Crippen LogP contribution >= 0.6 is 0 Å². The van der Waals surface area contributed by atoms with Gasteiger partial charge in [0.2, 0.25) is 0 Å². The molecule has 11 heteroatoms. The number of hydrogen-bond acceptors (Lipinski definition) is 8. The molecule has 2 aromatic heterocycles. The van der Waals surface area contributed by atoms with Crippen LogP contribution in [0.2, 0.25) is 0 Å². The summed E-state index contributed by atoms with van der Waals surface area (Å²) in [7, 11) is 0. The molecule has 1 aromatic carbocycles. The summed E-state index contributed by atoms with van der Waals surface area (Å²) in [5, 5.41) is 27.9. The average Bonchev–Trinajstić information content (AvgIpc) is 3.39. The van der Waals surface area contributed by atoms with Crippen LogP contribution in [0.4, 0.5) is 16.3 Å². The van der Waals surface area contributed by atoms with E-state index < -0.39 is 24.5 Å². The zero-order valence-electron chi connectivity index (χ0n) is 20.8. The number of anilines is 2. The van der Waals surface area contributed by atoms with Crippen LogP contribution in [0.25, 0.3) is 11.0 Å². The molecule has 194 valence electrons. The Hall–Kier alpha value is -3.25. The van der Waals surface area contributed by atoms with Crippen LogP contribution in [-0.4, -0.2) is 79.7 Å². The van der Waals surface area contributed by atoms with Crippen molar-refractivity contribution in [2.24, 2.45) is 0 Å². The summed E-state index contributed by atoms with van der Waals surface area (Å²) >= 11 is 0.